The van der Waals surface area contributed by atoms with Gasteiger partial charge in [-0.05, 0) is 0 Å². The number of carbonyl (C=O) groups excluding carboxylic acids is 2. The van der Waals surface area contributed by atoms with Crippen LogP contribution in [0.3, 0.4) is 0 Å². The van der Waals surface area contributed by atoms with E-state index in [4.69, 9.17) is 24.9 Å². The van der Waals surface area contributed by atoms with Gasteiger partial charge in [-0.25, -0.2) is 12.2 Å². The molecular weight excluding hydrogens is 1370 g/mol. The monoisotopic (exact) mass is 1430 g/mol. The van der Waals surface area contributed by atoms with Gasteiger partial charge in [0, 0.05) is 61.3 Å². The van der Waals surface area contributed by atoms with E-state index in [9.17, 15) is 10.2 Å². The summed E-state index contributed by atoms with van der Waals surface area (Å²) in [6.45, 7) is 9.23. The largest absolute Gasteiger partial charge is 1.00 e. The Bertz CT molecular complexity index is 194. The minimum atomic E-state index is -0.760. The molecule has 0 fully saturated rings. The smallest absolute Gasteiger partial charge is 0.876 e. The van der Waals surface area contributed by atoms with E-state index in [1.807, 2.05) is 27.7 Å². The zero-order chi connectivity index (χ0) is 20.4. The zero-order valence-electron chi connectivity index (χ0n) is 21.6. The van der Waals surface area contributed by atoms with Crippen molar-refractivity contribution in [3.63, 3.8) is 0 Å². The number of hydrogen-bond acceptors (Lipinski definition) is 7. The van der Waals surface area contributed by atoms with Crippen LogP contribution < -0.4 is 127 Å². The Morgan fingerprint density at radius 1 is 0.714 bits per heavy atom. The Hall–Kier alpha value is 3.74. The van der Waals surface area contributed by atoms with Crippen molar-refractivity contribution in [1.82, 2.24) is 0 Å². The predicted octanol–water partition coefficient (Wildman–Crippen LogP) is -2.65. The molecule has 13 heteroatoms. The molecule has 0 saturated heterocycles. The molecule has 0 aliphatic heterocycles. The van der Waals surface area contributed by atoms with Gasteiger partial charge in [-0.1, -0.05) is 49.7 Å². The molecule has 3 radical (unpaired) electrons. The Morgan fingerprint density at radius 2 is 0.914 bits per heavy atom. The summed E-state index contributed by atoms with van der Waals surface area (Å²) in [5, 5.41) is 43.6. The first-order valence-electron chi connectivity index (χ1n) is 7.49. The zero-order valence-corrected chi connectivity index (χ0v) is 45.9. The van der Waals surface area contributed by atoms with Crippen molar-refractivity contribution in [2.24, 2.45) is 0 Å². The summed E-state index contributed by atoms with van der Waals surface area (Å²) >= 11 is 0. The van der Waals surface area contributed by atoms with E-state index in [0.29, 0.717) is 6.10 Å². The van der Waals surface area contributed by atoms with Crippen molar-refractivity contribution >= 4 is 12.6 Å². The minimum absolute atomic E-state index is 0. The number of aliphatic hydroxyl groups is 3. The Labute approximate surface area is 354 Å². The summed E-state index contributed by atoms with van der Waals surface area (Å²) in [7, 11) is 0. The molecule has 0 spiro atoms. The molecule has 35 heavy (non-hydrogen) atoms. The van der Waals surface area contributed by atoms with Crippen molar-refractivity contribution in [1.29, 1.82) is 0 Å². The van der Waals surface area contributed by atoms with E-state index in [2.05, 4.69) is 0 Å². The summed E-state index contributed by atoms with van der Waals surface area (Å²) in [5.74, 6) is 1.15. The van der Waals surface area contributed by atoms with Crippen molar-refractivity contribution < 1.29 is 213 Å². The molecule has 0 aromatic carbocycles. The molecule has 7 nitrogen and oxygen atoms in total. The third-order valence-corrected chi connectivity index (χ3v) is 2.02. The predicted molar refractivity (Wildman–Crippen MR) is 123 cm³/mol. The third kappa shape index (κ3) is 195. The van der Waals surface area contributed by atoms with Gasteiger partial charge in [-0.3, -0.25) is 31.7 Å². The fourth-order valence-corrected chi connectivity index (χ4v) is 0.403. The fourth-order valence-electron chi connectivity index (χ4n) is 0.403. The summed E-state index contributed by atoms with van der Waals surface area (Å²) in [6.07, 6.45) is 5.67. The van der Waals surface area contributed by atoms with Crippen LogP contribution in [0.15, 0.2) is 0 Å². The summed E-state index contributed by atoms with van der Waals surface area (Å²) in [5.41, 5.74) is 0. The van der Waals surface area contributed by atoms with Gasteiger partial charge in [0.2, 0.25) is 0 Å². The van der Waals surface area contributed by atoms with Gasteiger partial charge < -0.3 is 50.0 Å². The summed E-state index contributed by atoms with van der Waals surface area (Å²) < 4.78 is 0. The Balaban J connectivity index is -0.00000000872. The van der Waals surface area contributed by atoms with Crippen LogP contribution in [0.5, 0.6) is 0 Å². The Morgan fingerprint density at radius 3 is 0.914 bits per heavy atom. The van der Waals surface area contributed by atoms with E-state index in [-0.39, 0.29) is 221 Å². The second kappa shape index (κ2) is 118. The number of hydrogen-bond donors (Lipinski definition) is 3. The van der Waals surface area contributed by atoms with Crippen molar-refractivity contribution in [3.8, 4) is 0 Å². The number of rotatable bonds is 6. The van der Waals surface area contributed by atoms with Crippen LogP contribution in [-0.2, 0) is 70.9 Å². The molecule has 0 aromatic rings. The van der Waals surface area contributed by atoms with Crippen LogP contribution >= 0.6 is 0 Å². The van der Waals surface area contributed by atoms with Crippen molar-refractivity contribution in [2.75, 3.05) is 19.8 Å². The summed E-state index contributed by atoms with van der Waals surface area (Å²) in [4.78, 5) is 17.4. The molecule has 0 aliphatic rings. The van der Waals surface area contributed by atoms with E-state index >= 15 is 0 Å². The standard InChI is InChI=1S/2C5H11O.C3H5O3.2C2H3O.3CH4.2CH3.2Rb.3Re.Rf/c1-3-5(2)4-6;1-3-5(6)4-2;4-1-3(6)2-5;2*1-2-3;;;;;;;;;;;/h2*6H,3-4H2,1-2H3;6H,1-2H2;2*1H3;3*1H4;2*1H3;;;;;;/q2*-1;-3;2*-1;;;;2*-1;2*+1;;;;. The van der Waals surface area contributed by atoms with Gasteiger partial charge in [0.25, 0.3) is 0 Å². The van der Waals surface area contributed by atoms with Crippen LogP contribution in [0.2, 0.25) is 0 Å². The minimum Gasteiger partial charge on any atom is -0.876 e. The van der Waals surface area contributed by atoms with Gasteiger partial charge in [-0.2, -0.15) is 40.0 Å². The molecule has 0 amide bonds. The molecule has 0 heterocycles. The van der Waals surface area contributed by atoms with E-state index < -0.39 is 19.3 Å². The maximum atomic E-state index is 9.37. The van der Waals surface area contributed by atoms with Crippen molar-refractivity contribution in [2.45, 2.75) is 83.1 Å². The topological polar surface area (TPSA) is 141 Å². The first-order chi connectivity index (χ1) is 11.3. The van der Waals surface area contributed by atoms with Gasteiger partial charge in [0.05, 0.1) is 0 Å². The molecule has 0 aliphatic carbocycles. The number of aliphatic hydroxyl groups excluding tert-OH is 3. The van der Waals surface area contributed by atoms with Gasteiger partial charge in [0.15, 0.2) is 0 Å². The van der Waals surface area contributed by atoms with Crippen molar-refractivity contribution in [3.05, 3.63) is 33.0 Å². The molecule has 0 unspecified atom stereocenters. The van der Waals surface area contributed by atoms with Gasteiger partial charge in [-0.15, -0.1) is 0 Å². The SMILES string of the molecule is C.C.C.CC[C-](C)CO.CC[C-](O)CC.C[C-]=O.C[C-]=O.[CH3-].[CH3-].[O-]C[C-](O)C[O-].[Rb+].[Rb+].[Re].[Re].[Re].[Rf]. The molecule has 3 N–H and O–H groups in total. The van der Waals surface area contributed by atoms with E-state index in [1.54, 1.807) is 0 Å². The van der Waals surface area contributed by atoms with E-state index in [0.717, 1.165) is 25.2 Å². The molecule has 0 atom stereocenters. The van der Waals surface area contributed by atoms with Gasteiger partial charge >= 0.3 is 116 Å². The van der Waals surface area contributed by atoms with Crippen LogP contribution in [0.25, 0.3) is 0 Å². The average molecular weight is 1420 g/mol. The van der Waals surface area contributed by atoms with Crippen LogP contribution in [-0.4, -0.2) is 47.7 Å². The van der Waals surface area contributed by atoms with Gasteiger partial charge in [0.1, 0.15) is 0 Å². The first-order valence-corrected chi connectivity index (χ1v) is 7.49. The molecular formula is C22H51O7Rb2Re3Rf-7. The van der Waals surface area contributed by atoms with Crippen LogP contribution in [0.1, 0.15) is 83.1 Å². The Kier molecular flexibility index (Phi) is 361. The third-order valence-electron chi connectivity index (χ3n) is 2.02. The van der Waals surface area contributed by atoms with Crippen LogP contribution in [0, 0.1) is 33.0 Å². The second-order valence-electron chi connectivity index (χ2n) is 4.01. The first kappa shape index (κ1) is 107. The average Bonchev–Trinajstić information content (AvgIpc) is 2.61. The quantitative estimate of drug-likeness (QED) is 0.247. The molecule has 0 aromatic heterocycles. The molecule has 213 valence electrons. The normalized spacial score (nSPS) is 5.89. The molecule has 0 rings (SSSR count). The molecule has 0 bridgehead atoms. The summed E-state index contributed by atoms with van der Waals surface area (Å²) in [6, 6.07) is 0. The van der Waals surface area contributed by atoms with E-state index in [1.165, 1.54) is 26.4 Å². The maximum absolute atomic E-state index is 9.37. The molecule has 0 saturated carbocycles. The van der Waals surface area contributed by atoms with Crippen LogP contribution in [0.4, 0.5) is 0 Å². The maximum Gasteiger partial charge on any atom is 1.00 e. The second-order valence-corrected chi connectivity index (χ2v) is 4.01. The fraction of sp³-hybridized carbons (Fsp3) is 0.682.